The summed E-state index contributed by atoms with van der Waals surface area (Å²) in [6.45, 7) is 4.28. The topological polar surface area (TPSA) is 29.1 Å². The zero-order valence-electron chi connectivity index (χ0n) is 9.17. The van der Waals surface area contributed by atoms with Crippen molar-refractivity contribution in [2.24, 2.45) is 0 Å². The van der Waals surface area contributed by atoms with Crippen molar-refractivity contribution in [1.29, 1.82) is 0 Å². The van der Waals surface area contributed by atoms with Gasteiger partial charge >= 0.3 is 0 Å². The van der Waals surface area contributed by atoms with Crippen LogP contribution in [0.1, 0.15) is 0 Å². The standard InChI is InChI=1S/C11H14Cl2N2O/c1-16-11-9(12)6-8(7-10(11)13)15-4-2-14-3-5-15/h6-7,14H,2-5H2,1H3/p+1. The lowest BCUT2D eigenvalue weighted by atomic mass is 10.2. The minimum Gasteiger partial charge on any atom is -0.494 e. The van der Waals surface area contributed by atoms with Gasteiger partial charge in [0.05, 0.1) is 43.3 Å². The van der Waals surface area contributed by atoms with Gasteiger partial charge in [-0.3, -0.25) is 0 Å². The van der Waals surface area contributed by atoms with Crippen molar-refractivity contribution in [3.05, 3.63) is 22.2 Å². The predicted octanol–water partition coefficient (Wildman–Crippen LogP) is 1.39. The Morgan fingerprint density at radius 1 is 1.19 bits per heavy atom. The maximum atomic E-state index is 6.11. The largest absolute Gasteiger partial charge is 0.494 e. The zero-order valence-corrected chi connectivity index (χ0v) is 10.7. The Kier molecular flexibility index (Phi) is 3.79. The molecule has 0 atom stereocenters. The number of piperazine rings is 1. The summed E-state index contributed by atoms with van der Waals surface area (Å²) in [5.41, 5.74) is 1.07. The number of nitrogens with two attached hydrogens (primary N) is 1. The molecule has 1 heterocycles. The van der Waals surface area contributed by atoms with E-state index >= 15 is 0 Å². The lowest BCUT2D eigenvalue weighted by Crippen LogP contribution is -2.89. The fourth-order valence-corrected chi connectivity index (χ4v) is 2.56. The molecular formula is C11H15Cl2N2O+. The smallest absolute Gasteiger partial charge is 0.156 e. The maximum absolute atomic E-state index is 6.11. The van der Waals surface area contributed by atoms with E-state index in [9.17, 15) is 0 Å². The third kappa shape index (κ3) is 2.37. The van der Waals surface area contributed by atoms with Crippen LogP contribution in [-0.2, 0) is 0 Å². The first-order valence-electron chi connectivity index (χ1n) is 5.32. The molecule has 0 unspecified atom stereocenters. The molecule has 2 rings (SSSR count). The van der Waals surface area contributed by atoms with Crippen LogP contribution >= 0.6 is 23.2 Å². The summed E-state index contributed by atoms with van der Waals surface area (Å²) in [6, 6.07) is 3.83. The van der Waals surface area contributed by atoms with Gasteiger partial charge in [0, 0.05) is 5.69 Å². The number of anilines is 1. The van der Waals surface area contributed by atoms with Gasteiger partial charge in [0.15, 0.2) is 5.75 Å². The van der Waals surface area contributed by atoms with Crippen molar-refractivity contribution in [1.82, 2.24) is 0 Å². The quantitative estimate of drug-likeness (QED) is 0.872. The molecule has 1 aromatic rings. The number of methoxy groups -OCH3 is 1. The van der Waals surface area contributed by atoms with E-state index in [0.29, 0.717) is 15.8 Å². The molecule has 1 aliphatic rings. The Morgan fingerprint density at radius 3 is 2.25 bits per heavy atom. The van der Waals surface area contributed by atoms with Crippen LogP contribution in [-0.4, -0.2) is 33.3 Å². The highest BCUT2D eigenvalue weighted by atomic mass is 35.5. The van der Waals surface area contributed by atoms with Crippen LogP contribution in [0.5, 0.6) is 5.75 Å². The molecule has 1 aliphatic heterocycles. The van der Waals surface area contributed by atoms with E-state index < -0.39 is 0 Å². The highest BCUT2D eigenvalue weighted by molar-refractivity contribution is 6.37. The number of halogens is 2. The monoisotopic (exact) mass is 261 g/mol. The summed E-state index contributed by atoms with van der Waals surface area (Å²) in [5.74, 6) is 0.552. The molecule has 1 saturated heterocycles. The SMILES string of the molecule is COc1c(Cl)cc(N2CC[NH2+]CC2)cc1Cl. The van der Waals surface area contributed by atoms with E-state index in [1.807, 2.05) is 12.1 Å². The van der Waals surface area contributed by atoms with Crippen molar-refractivity contribution < 1.29 is 10.1 Å². The molecular weight excluding hydrogens is 247 g/mol. The third-order valence-electron chi connectivity index (χ3n) is 2.76. The van der Waals surface area contributed by atoms with Gasteiger partial charge < -0.3 is 15.0 Å². The number of quaternary nitrogens is 1. The van der Waals surface area contributed by atoms with Gasteiger partial charge in [-0.2, -0.15) is 0 Å². The first-order valence-corrected chi connectivity index (χ1v) is 6.07. The van der Waals surface area contributed by atoms with Crippen LogP contribution in [0.2, 0.25) is 10.0 Å². The van der Waals surface area contributed by atoms with Gasteiger partial charge in [0.2, 0.25) is 0 Å². The van der Waals surface area contributed by atoms with Gasteiger partial charge in [-0.05, 0) is 12.1 Å². The highest BCUT2D eigenvalue weighted by Crippen LogP contribution is 2.36. The second-order valence-corrected chi connectivity index (χ2v) is 4.61. The fraction of sp³-hybridized carbons (Fsp3) is 0.455. The van der Waals surface area contributed by atoms with E-state index in [-0.39, 0.29) is 0 Å². The Labute approximate surface area is 105 Å². The van der Waals surface area contributed by atoms with Crippen molar-refractivity contribution in [3.63, 3.8) is 0 Å². The Hall–Kier alpha value is -0.640. The maximum Gasteiger partial charge on any atom is 0.156 e. The van der Waals surface area contributed by atoms with E-state index in [4.69, 9.17) is 27.9 Å². The summed E-state index contributed by atoms with van der Waals surface area (Å²) in [5, 5.41) is 3.45. The number of nitrogens with zero attached hydrogens (tertiary/aromatic N) is 1. The van der Waals surface area contributed by atoms with Crippen molar-refractivity contribution >= 4 is 28.9 Å². The zero-order chi connectivity index (χ0) is 11.5. The highest BCUT2D eigenvalue weighted by Gasteiger charge is 2.16. The van der Waals surface area contributed by atoms with Gasteiger partial charge in [0.25, 0.3) is 0 Å². The lowest BCUT2D eigenvalue weighted by Gasteiger charge is -2.27. The molecule has 88 valence electrons. The number of hydrogen-bond donors (Lipinski definition) is 1. The Morgan fingerprint density at radius 2 is 1.75 bits per heavy atom. The minimum absolute atomic E-state index is 0.552. The summed E-state index contributed by atoms with van der Waals surface area (Å²) >= 11 is 12.2. The summed E-state index contributed by atoms with van der Waals surface area (Å²) in [6.07, 6.45) is 0. The molecule has 16 heavy (non-hydrogen) atoms. The average Bonchev–Trinajstić information content (AvgIpc) is 2.30. The van der Waals surface area contributed by atoms with Crippen molar-refractivity contribution in [3.8, 4) is 5.75 Å². The number of hydrogen-bond acceptors (Lipinski definition) is 2. The molecule has 2 N–H and O–H groups in total. The predicted molar refractivity (Wildman–Crippen MR) is 66.9 cm³/mol. The van der Waals surface area contributed by atoms with Crippen molar-refractivity contribution in [2.75, 3.05) is 38.2 Å². The molecule has 0 aliphatic carbocycles. The van der Waals surface area contributed by atoms with Gasteiger partial charge in [-0.15, -0.1) is 0 Å². The molecule has 0 amide bonds. The molecule has 5 heteroatoms. The van der Waals surface area contributed by atoms with Crippen molar-refractivity contribution in [2.45, 2.75) is 0 Å². The molecule has 0 aromatic heterocycles. The van der Waals surface area contributed by atoms with Gasteiger partial charge in [0.1, 0.15) is 0 Å². The lowest BCUT2D eigenvalue weighted by molar-refractivity contribution is -0.655. The molecule has 0 spiro atoms. The number of ether oxygens (including phenoxy) is 1. The van der Waals surface area contributed by atoms with Crippen LogP contribution in [0.4, 0.5) is 5.69 Å². The van der Waals surface area contributed by atoms with E-state index in [2.05, 4.69) is 10.2 Å². The fourth-order valence-electron chi connectivity index (χ4n) is 1.93. The molecule has 3 nitrogen and oxygen atoms in total. The van der Waals surface area contributed by atoms with E-state index in [0.717, 1.165) is 31.9 Å². The minimum atomic E-state index is 0.552. The Balaban J connectivity index is 2.28. The van der Waals surface area contributed by atoms with Gasteiger partial charge in [-0.25, -0.2) is 0 Å². The van der Waals surface area contributed by atoms with Crippen LogP contribution in [0.25, 0.3) is 0 Å². The second-order valence-electron chi connectivity index (χ2n) is 3.80. The molecule has 1 aromatic carbocycles. The normalized spacial score (nSPS) is 16.3. The molecule has 1 fully saturated rings. The summed E-state index contributed by atoms with van der Waals surface area (Å²) in [4.78, 5) is 2.29. The van der Waals surface area contributed by atoms with Crippen LogP contribution in [0.15, 0.2) is 12.1 Å². The van der Waals surface area contributed by atoms with Crippen LogP contribution in [0, 0.1) is 0 Å². The van der Waals surface area contributed by atoms with Gasteiger partial charge in [-0.1, -0.05) is 23.2 Å². The molecule has 0 saturated carbocycles. The summed E-state index contributed by atoms with van der Waals surface area (Å²) in [7, 11) is 1.57. The van der Waals surface area contributed by atoms with Crippen LogP contribution in [0.3, 0.4) is 0 Å². The average molecular weight is 262 g/mol. The third-order valence-corrected chi connectivity index (χ3v) is 3.32. The number of benzene rings is 1. The first-order chi connectivity index (χ1) is 7.72. The molecule has 0 bridgehead atoms. The number of rotatable bonds is 2. The second kappa shape index (κ2) is 5.13. The first kappa shape index (κ1) is 11.8. The Bertz CT molecular complexity index is 355. The van der Waals surface area contributed by atoms with E-state index in [1.54, 1.807) is 7.11 Å². The van der Waals surface area contributed by atoms with Crippen LogP contribution < -0.4 is 15.0 Å². The molecule has 0 radical (unpaired) electrons. The van der Waals surface area contributed by atoms with E-state index in [1.165, 1.54) is 0 Å². The summed E-state index contributed by atoms with van der Waals surface area (Å²) < 4.78 is 5.13.